The fourth-order valence-corrected chi connectivity index (χ4v) is 6.67. The van der Waals surface area contributed by atoms with Crippen LogP contribution in [-0.4, -0.2) is 203 Å². The summed E-state index contributed by atoms with van der Waals surface area (Å²) in [4.78, 5) is 24.6. The molecular formula is C29H49NO20. The van der Waals surface area contributed by atoms with Gasteiger partial charge in [-0.05, 0) is 12.8 Å². The van der Waals surface area contributed by atoms with Crippen LogP contribution in [0.4, 0.5) is 0 Å². The van der Waals surface area contributed by atoms with E-state index in [4.69, 9.17) is 28.4 Å². The molecule has 1 aliphatic carbocycles. The number of rotatable bonds is 13. The lowest BCUT2D eigenvalue weighted by Gasteiger charge is -2.50. The van der Waals surface area contributed by atoms with Crippen molar-refractivity contribution in [3.63, 3.8) is 0 Å². The number of aliphatic carboxylic acids is 1. The van der Waals surface area contributed by atoms with Crippen LogP contribution in [0.3, 0.4) is 0 Å². The lowest BCUT2D eigenvalue weighted by molar-refractivity contribution is -0.378. The second-order valence-corrected chi connectivity index (χ2v) is 13.0. The predicted molar refractivity (Wildman–Crippen MR) is 157 cm³/mol. The van der Waals surface area contributed by atoms with Crippen LogP contribution in [0.15, 0.2) is 0 Å². The van der Waals surface area contributed by atoms with Gasteiger partial charge >= 0.3 is 5.97 Å². The minimum absolute atomic E-state index is 0.276. The van der Waals surface area contributed by atoms with E-state index in [0.717, 1.165) is 6.92 Å². The molecule has 21 heteroatoms. The zero-order chi connectivity index (χ0) is 37.1. The van der Waals surface area contributed by atoms with Crippen molar-refractivity contribution in [3.05, 3.63) is 0 Å². The van der Waals surface area contributed by atoms with E-state index in [0.29, 0.717) is 19.3 Å². The molecule has 0 bridgehead atoms. The standard InChI is InChI=1S/C29H49NO20/c1-10(34)30-17-11(35)6-29(28(43)44,49-24(17)18(37)12(36)7-31)50-25-20(39)16(9-33)48-27(23(25)42)46-14-5-3-2-4-13(14)45-26-22(41)21(40)19(38)15(8-32)47-26/h11-27,31-33,35-42H,2-9H2,1H3,(H,30,34)(H,43,44)/t11-,12+,13+,14+,15-,16+,17+,18-,19-,20-,21+,22+,23+,24+,25-,26+,27-,29-/m0/s1. The molecule has 13 N–H and O–H groups in total. The summed E-state index contributed by atoms with van der Waals surface area (Å²) in [5, 5.41) is 126. The third kappa shape index (κ3) is 8.72. The maximum atomic E-state index is 12.7. The number of aliphatic hydroxyl groups is 11. The van der Waals surface area contributed by atoms with Crippen molar-refractivity contribution in [2.75, 3.05) is 19.8 Å². The van der Waals surface area contributed by atoms with Gasteiger partial charge in [0.05, 0.1) is 44.2 Å². The molecule has 4 aliphatic rings. The Balaban J connectivity index is 1.57. The van der Waals surface area contributed by atoms with Crippen LogP contribution < -0.4 is 5.32 Å². The van der Waals surface area contributed by atoms with E-state index in [1.807, 2.05) is 0 Å². The molecule has 1 saturated carbocycles. The van der Waals surface area contributed by atoms with Crippen LogP contribution in [0.25, 0.3) is 0 Å². The molecule has 4 rings (SSSR count). The number of carbonyl (C=O) groups excluding carboxylic acids is 1. The smallest absolute Gasteiger partial charge is 0.364 e. The Labute approximate surface area is 285 Å². The van der Waals surface area contributed by atoms with Gasteiger partial charge in [0.1, 0.15) is 67.1 Å². The Morgan fingerprint density at radius 2 is 1.36 bits per heavy atom. The average molecular weight is 732 g/mol. The van der Waals surface area contributed by atoms with E-state index in [1.54, 1.807) is 0 Å². The van der Waals surface area contributed by atoms with Crippen LogP contribution in [-0.2, 0) is 38.0 Å². The molecule has 4 fully saturated rings. The molecule has 0 aromatic rings. The van der Waals surface area contributed by atoms with E-state index < -0.39 is 148 Å². The third-order valence-electron chi connectivity index (χ3n) is 9.44. The maximum Gasteiger partial charge on any atom is 0.364 e. The monoisotopic (exact) mass is 731 g/mol. The molecule has 0 aromatic carbocycles. The Morgan fingerprint density at radius 1 is 0.820 bits per heavy atom. The van der Waals surface area contributed by atoms with E-state index in [2.05, 4.69) is 5.32 Å². The molecule has 3 heterocycles. The first-order valence-corrected chi connectivity index (χ1v) is 16.3. The fourth-order valence-electron chi connectivity index (χ4n) is 6.67. The molecule has 290 valence electrons. The van der Waals surface area contributed by atoms with Gasteiger partial charge in [-0.1, -0.05) is 12.8 Å². The Bertz CT molecular complexity index is 1120. The number of aliphatic hydroxyl groups excluding tert-OH is 11. The van der Waals surface area contributed by atoms with Gasteiger partial charge in [0, 0.05) is 13.3 Å². The SMILES string of the molecule is CC(=O)N[C@H]1[C@H]([C@@H](O)[C@H](O)CO)O[C@@](O[C@H]2[C@@H](O)[C@@H](CO)O[C@H](O[C@@H]3CCCC[C@H]3O[C@@H]3O[C@@H](CO)[C@H](O)[C@@H](O)[C@H]3O)[C@@H]2O)(C(=O)O)C[C@@H]1O. The molecular weight excluding hydrogens is 682 g/mol. The van der Waals surface area contributed by atoms with E-state index in [9.17, 15) is 70.9 Å². The second-order valence-electron chi connectivity index (χ2n) is 13.0. The summed E-state index contributed by atoms with van der Waals surface area (Å²) in [7, 11) is 0. The van der Waals surface area contributed by atoms with Crippen molar-refractivity contribution in [2.24, 2.45) is 0 Å². The number of carboxylic acids is 1. The number of carbonyl (C=O) groups is 2. The largest absolute Gasteiger partial charge is 0.477 e. The van der Waals surface area contributed by atoms with Crippen LogP contribution in [0, 0.1) is 0 Å². The first-order valence-electron chi connectivity index (χ1n) is 16.3. The minimum Gasteiger partial charge on any atom is -0.477 e. The highest BCUT2D eigenvalue weighted by molar-refractivity contribution is 5.76. The van der Waals surface area contributed by atoms with Crippen LogP contribution in [0.5, 0.6) is 0 Å². The van der Waals surface area contributed by atoms with Crippen molar-refractivity contribution in [3.8, 4) is 0 Å². The summed E-state index contributed by atoms with van der Waals surface area (Å²) < 4.78 is 34.3. The van der Waals surface area contributed by atoms with E-state index >= 15 is 0 Å². The van der Waals surface area contributed by atoms with Gasteiger partial charge in [-0.25, -0.2) is 4.79 Å². The highest BCUT2D eigenvalue weighted by Gasteiger charge is 2.59. The van der Waals surface area contributed by atoms with Crippen molar-refractivity contribution < 1.29 is 99.3 Å². The lowest BCUT2D eigenvalue weighted by atomic mass is 9.88. The molecule has 3 saturated heterocycles. The highest BCUT2D eigenvalue weighted by Crippen LogP contribution is 2.38. The average Bonchev–Trinajstić information content (AvgIpc) is 3.08. The van der Waals surface area contributed by atoms with E-state index in [1.165, 1.54) is 0 Å². The van der Waals surface area contributed by atoms with Gasteiger partial charge in [0.15, 0.2) is 12.6 Å². The fraction of sp³-hybridized carbons (Fsp3) is 0.931. The number of carboxylic acid groups (broad SMARTS) is 1. The normalized spacial score (nSPS) is 45.4. The highest BCUT2D eigenvalue weighted by atomic mass is 16.8. The van der Waals surface area contributed by atoms with Crippen molar-refractivity contribution in [1.29, 1.82) is 0 Å². The molecule has 3 aliphatic heterocycles. The molecule has 0 radical (unpaired) electrons. The minimum atomic E-state index is -2.97. The maximum absolute atomic E-state index is 12.7. The van der Waals surface area contributed by atoms with Crippen molar-refractivity contribution >= 4 is 11.9 Å². The van der Waals surface area contributed by atoms with Gasteiger partial charge in [-0.3, -0.25) is 4.79 Å². The first-order chi connectivity index (χ1) is 23.6. The summed E-state index contributed by atoms with van der Waals surface area (Å²) in [6.07, 6.45) is -25.9. The molecule has 18 atom stereocenters. The molecule has 1 amide bonds. The number of ether oxygens (including phenoxy) is 6. The Hall–Kier alpha value is -1.74. The van der Waals surface area contributed by atoms with Crippen LogP contribution in [0.2, 0.25) is 0 Å². The van der Waals surface area contributed by atoms with Gasteiger partial charge in [0.25, 0.3) is 5.79 Å². The molecule has 0 spiro atoms. The zero-order valence-corrected chi connectivity index (χ0v) is 27.1. The van der Waals surface area contributed by atoms with E-state index in [-0.39, 0.29) is 6.42 Å². The second kappa shape index (κ2) is 17.4. The molecule has 21 nitrogen and oxygen atoms in total. The van der Waals surface area contributed by atoms with Gasteiger partial charge in [0.2, 0.25) is 5.91 Å². The predicted octanol–water partition coefficient (Wildman–Crippen LogP) is -6.90. The summed E-state index contributed by atoms with van der Waals surface area (Å²) in [6.45, 7) is -1.55. The molecule has 50 heavy (non-hydrogen) atoms. The number of amides is 1. The number of nitrogens with one attached hydrogen (secondary N) is 1. The summed E-state index contributed by atoms with van der Waals surface area (Å²) in [5.41, 5.74) is 0. The zero-order valence-electron chi connectivity index (χ0n) is 27.1. The quantitative estimate of drug-likeness (QED) is 0.0837. The number of hydrogen-bond acceptors (Lipinski definition) is 19. The summed E-state index contributed by atoms with van der Waals surface area (Å²) in [5.74, 6) is -5.61. The van der Waals surface area contributed by atoms with Crippen LogP contribution in [0.1, 0.15) is 39.0 Å². The van der Waals surface area contributed by atoms with Gasteiger partial charge < -0.3 is 95.0 Å². The Morgan fingerprint density at radius 3 is 1.86 bits per heavy atom. The number of hydrogen-bond donors (Lipinski definition) is 13. The topological polar surface area (TPSA) is 344 Å². The van der Waals surface area contributed by atoms with Gasteiger partial charge in [-0.2, -0.15) is 0 Å². The molecule has 0 aromatic heterocycles. The first kappa shape index (κ1) is 41.0. The third-order valence-corrected chi connectivity index (χ3v) is 9.44. The summed E-state index contributed by atoms with van der Waals surface area (Å²) in [6, 6.07) is -1.52. The van der Waals surface area contributed by atoms with Gasteiger partial charge in [-0.15, -0.1) is 0 Å². The lowest BCUT2D eigenvalue weighted by Crippen LogP contribution is -2.70. The van der Waals surface area contributed by atoms with Crippen molar-refractivity contribution in [2.45, 2.75) is 149 Å². The Kier molecular flexibility index (Phi) is 14.3. The summed E-state index contributed by atoms with van der Waals surface area (Å²) >= 11 is 0. The molecule has 0 unspecified atom stereocenters. The van der Waals surface area contributed by atoms with Crippen LogP contribution >= 0.6 is 0 Å². The van der Waals surface area contributed by atoms with Crippen molar-refractivity contribution in [1.82, 2.24) is 5.32 Å².